The third-order valence-electron chi connectivity index (χ3n) is 4.36. The van der Waals surface area contributed by atoms with E-state index in [0.717, 1.165) is 29.8 Å². The summed E-state index contributed by atoms with van der Waals surface area (Å²) >= 11 is 0. The third-order valence-corrected chi connectivity index (χ3v) is 4.36. The molecule has 136 valence electrons. The van der Waals surface area contributed by atoms with Gasteiger partial charge in [0.25, 0.3) is 0 Å². The van der Waals surface area contributed by atoms with Crippen LogP contribution in [0.15, 0.2) is 48.5 Å². The van der Waals surface area contributed by atoms with Crippen molar-refractivity contribution in [2.24, 2.45) is 0 Å². The summed E-state index contributed by atoms with van der Waals surface area (Å²) in [5.74, 6) is -0.112. The third kappa shape index (κ3) is 4.81. The zero-order valence-corrected chi connectivity index (χ0v) is 14.5. The van der Waals surface area contributed by atoms with E-state index in [-0.39, 0.29) is 17.8 Å². The molecule has 1 fully saturated rings. The Balaban J connectivity index is 1.40. The molecule has 3 amide bonds. The maximum atomic E-state index is 13.1. The van der Waals surface area contributed by atoms with Gasteiger partial charge in [-0.3, -0.25) is 4.79 Å². The molecular formula is C20H22FN3O2. The van der Waals surface area contributed by atoms with Gasteiger partial charge < -0.3 is 15.5 Å². The highest BCUT2D eigenvalue weighted by Gasteiger charge is 2.21. The number of nitrogens with one attached hydrogen (secondary N) is 2. The lowest BCUT2D eigenvalue weighted by atomic mass is 10.1. The van der Waals surface area contributed by atoms with Crippen LogP contribution in [0.25, 0.3) is 0 Å². The lowest BCUT2D eigenvalue weighted by molar-refractivity contribution is -0.117. The van der Waals surface area contributed by atoms with Gasteiger partial charge in [0.15, 0.2) is 0 Å². The van der Waals surface area contributed by atoms with Crippen molar-refractivity contribution in [3.63, 3.8) is 0 Å². The van der Waals surface area contributed by atoms with Gasteiger partial charge in [0.05, 0.1) is 0 Å². The number of anilines is 1. The average molecular weight is 355 g/mol. The number of nitrogens with zero attached hydrogens (tertiary/aromatic N) is 1. The second-order valence-electron chi connectivity index (χ2n) is 6.30. The SMILES string of the molecule is O=C(NCCc1cccc(F)c1)NCc1ccc(N2CCCC2=O)cc1. The van der Waals surface area contributed by atoms with Crippen molar-refractivity contribution in [2.45, 2.75) is 25.8 Å². The molecule has 2 aromatic rings. The largest absolute Gasteiger partial charge is 0.338 e. The first kappa shape index (κ1) is 17.9. The summed E-state index contributed by atoms with van der Waals surface area (Å²) in [5, 5.41) is 5.55. The maximum Gasteiger partial charge on any atom is 0.315 e. The minimum Gasteiger partial charge on any atom is -0.338 e. The van der Waals surface area contributed by atoms with Crippen LogP contribution in [0.3, 0.4) is 0 Å². The van der Waals surface area contributed by atoms with E-state index in [1.807, 2.05) is 30.3 Å². The van der Waals surface area contributed by atoms with Gasteiger partial charge in [0, 0.05) is 31.7 Å². The Labute approximate surface area is 152 Å². The molecule has 1 aliphatic rings. The Bertz CT molecular complexity index is 777. The molecule has 5 nitrogen and oxygen atoms in total. The topological polar surface area (TPSA) is 61.4 Å². The number of hydrogen-bond donors (Lipinski definition) is 2. The molecule has 0 aromatic heterocycles. The molecule has 2 N–H and O–H groups in total. The summed E-state index contributed by atoms with van der Waals surface area (Å²) < 4.78 is 13.1. The predicted molar refractivity (Wildman–Crippen MR) is 98.4 cm³/mol. The van der Waals surface area contributed by atoms with Gasteiger partial charge in [-0.25, -0.2) is 9.18 Å². The normalized spacial score (nSPS) is 13.7. The van der Waals surface area contributed by atoms with Crippen LogP contribution in [-0.4, -0.2) is 25.0 Å². The van der Waals surface area contributed by atoms with E-state index < -0.39 is 0 Å². The highest BCUT2D eigenvalue weighted by atomic mass is 19.1. The molecular weight excluding hydrogens is 333 g/mol. The maximum absolute atomic E-state index is 13.1. The fourth-order valence-corrected chi connectivity index (χ4v) is 2.97. The number of urea groups is 1. The van der Waals surface area contributed by atoms with Crippen molar-refractivity contribution in [1.82, 2.24) is 10.6 Å². The van der Waals surface area contributed by atoms with Crippen LogP contribution in [0.4, 0.5) is 14.9 Å². The number of amides is 3. The van der Waals surface area contributed by atoms with E-state index in [1.165, 1.54) is 12.1 Å². The monoisotopic (exact) mass is 355 g/mol. The molecule has 0 bridgehead atoms. The van der Waals surface area contributed by atoms with Gasteiger partial charge in [0.2, 0.25) is 5.91 Å². The van der Waals surface area contributed by atoms with Crippen LogP contribution in [0.5, 0.6) is 0 Å². The van der Waals surface area contributed by atoms with Crippen LogP contribution in [-0.2, 0) is 17.8 Å². The van der Waals surface area contributed by atoms with Crippen molar-refractivity contribution in [3.05, 3.63) is 65.5 Å². The lowest BCUT2D eigenvalue weighted by Gasteiger charge is -2.16. The zero-order valence-electron chi connectivity index (χ0n) is 14.5. The number of carbonyl (C=O) groups excluding carboxylic acids is 2. The summed E-state index contributed by atoms with van der Waals surface area (Å²) in [4.78, 5) is 25.4. The number of rotatable bonds is 6. The van der Waals surface area contributed by atoms with Crippen molar-refractivity contribution in [1.29, 1.82) is 0 Å². The first-order chi connectivity index (χ1) is 12.6. The molecule has 0 spiro atoms. The Morgan fingerprint density at radius 3 is 2.58 bits per heavy atom. The predicted octanol–water partition coefficient (Wildman–Crippen LogP) is 2.99. The summed E-state index contributed by atoms with van der Waals surface area (Å²) in [6, 6.07) is 13.7. The van der Waals surface area contributed by atoms with E-state index in [2.05, 4.69) is 10.6 Å². The molecule has 1 aliphatic heterocycles. The molecule has 3 rings (SSSR count). The van der Waals surface area contributed by atoms with Gasteiger partial charge in [-0.05, 0) is 48.2 Å². The molecule has 6 heteroatoms. The second kappa shape index (κ2) is 8.47. The van der Waals surface area contributed by atoms with Gasteiger partial charge in [0.1, 0.15) is 5.82 Å². The lowest BCUT2D eigenvalue weighted by Crippen LogP contribution is -2.36. The van der Waals surface area contributed by atoms with Crippen LogP contribution >= 0.6 is 0 Å². The zero-order chi connectivity index (χ0) is 18.4. The molecule has 0 unspecified atom stereocenters. The van der Waals surface area contributed by atoms with Gasteiger partial charge in [-0.15, -0.1) is 0 Å². The van der Waals surface area contributed by atoms with Crippen molar-refractivity contribution in [2.75, 3.05) is 18.0 Å². The van der Waals surface area contributed by atoms with E-state index in [4.69, 9.17) is 0 Å². The molecule has 0 atom stereocenters. The second-order valence-corrected chi connectivity index (χ2v) is 6.30. The number of carbonyl (C=O) groups is 2. The van der Waals surface area contributed by atoms with E-state index >= 15 is 0 Å². The Hall–Kier alpha value is -2.89. The van der Waals surface area contributed by atoms with E-state index in [1.54, 1.807) is 11.0 Å². The van der Waals surface area contributed by atoms with Crippen LogP contribution in [0.2, 0.25) is 0 Å². The molecule has 0 aliphatic carbocycles. The Kier molecular flexibility index (Phi) is 5.84. The van der Waals surface area contributed by atoms with Gasteiger partial charge in [-0.2, -0.15) is 0 Å². The van der Waals surface area contributed by atoms with Gasteiger partial charge >= 0.3 is 6.03 Å². The van der Waals surface area contributed by atoms with Crippen LogP contribution in [0.1, 0.15) is 24.0 Å². The molecule has 26 heavy (non-hydrogen) atoms. The molecule has 1 heterocycles. The highest BCUT2D eigenvalue weighted by molar-refractivity contribution is 5.95. The summed E-state index contributed by atoms with van der Waals surface area (Å²) in [6.07, 6.45) is 2.08. The minimum absolute atomic E-state index is 0.161. The average Bonchev–Trinajstić information content (AvgIpc) is 3.06. The number of hydrogen-bond acceptors (Lipinski definition) is 2. The Morgan fingerprint density at radius 2 is 1.88 bits per heavy atom. The van der Waals surface area contributed by atoms with Crippen LogP contribution < -0.4 is 15.5 Å². The number of halogens is 1. The number of benzene rings is 2. The minimum atomic E-state index is -0.272. The van der Waals surface area contributed by atoms with Crippen molar-refractivity contribution < 1.29 is 14.0 Å². The van der Waals surface area contributed by atoms with E-state index in [9.17, 15) is 14.0 Å². The highest BCUT2D eigenvalue weighted by Crippen LogP contribution is 2.21. The molecule has 2 aromatic carbocycles. The fourth-order valence-electron chi connectivity index (χ4n) is 2.97. The standard InChI is InChI=1S/C20H22FN3O2/c21-17-4-1-3-15(13-17)10-11-22-20(26)23-14-16-6-8-18(9-7-16)24-12-2-5-19(24)25/h1,3-4,6-9,13H,2,5,10-12,14H2,(H2,22,23,26). The summed E-state index contributed by atoms with van der Waals surface area (Å²) in [5.41, 5.74) is 2.70. The molecule has 0 saturated carbocycles. The van der Waals surface area contributed by atoms with Crippen molar-refractivity contribution >= 4 is 17.6 Å². The smallest absolute Gasteiger partial charge is 0.315 e. The summed E-state index contributed by atoms with van der Waals surface area (Å²) in [7, 11) is 0. The first-order valence-corrected chi connectivity index (χ1v) is 8.77. The summed E-state index contributed by atoms with van der Waals surface area (Å²) in [6.45, 7) is 1.61. The fraction of sp³-hybridized carbons (Fsp3) is 0.300. The van der Waals surface area contributed by atoms with Gasteiger partial charge in [-0.1, -0.05) is 24.3 Å². The molecule has 0 radical (unpaired) electrons. The first-order valence-electron chi connectivity index (χ1n) is 8.77. The van der Waals surface area contributed by atoms with E-state index in [0.29, 0.717) is 25.9 Å². The Morgan fingerprint density at radius 1 is 1.08 bits per heavy atom. The van der Waals surface area contributed by atoms with Crippen molar-refractivity contribution in [3.8, 4) is 0 Å². The van der Waals surface area contributed by atoms with Crippen LogP contribution in [0, 0.1) is 5.82 Å². The molecule has 1 saturated heterocycles. The quantitative estimate of drug-likeness (QED) is 0.837.